The van der Waals surface area contributed by atoms with Gasteiger partial charge in [-0.1, -0.05) is 54.9 Å². The monoisotopic (exact) mass is 418 g/mol. The van der Waals surface area contributed by atoms with E-state index in [4.69, 9.17) is 27.3 Å². The second-order valence-electron chi connectivity index (χ2n) is 7.76. The summed E-state index contributed by atoms with van der Waals surface area (Å²) >= 11 is 6.42. The Kier molecular flexibility index (Phi) is 6.16. The minimum absolute atomic E-state index is 0.529. The second-order valence-corrected chi connectivity index (χ2v) is 8.17. The molecule has 1 atom stereocenters. The van der Waals surface area contributed by atoms with Crippen LogP contribution in [0.4, 0.5) is 5.82 Å². The van der Waals surface area contributed by atoms with Crippen molar-refractivity contribution in [3.63, 3.8) is 0 Å². The number of allylic oxidation sites excluding steroid dienone is 1. The van der Waals surface area contributed by atoms with Gasteiger partial charge in [0.05, 0.1) is 5.02 Å². The van der Waals surface area contributed by atoms with Gasteiger partial charge in [0.15, 0.2) is 5.82 Å². The van der Waals surface area contributed by atoms with Crippen LogP contribution in [-0.4, -0.2) is 16.5 Å². The van der Waals surface area contributed by atoms with E-state index in [0.717, 1.165) is 35.6 Å². The Morgan fingerprint density at radius 3 is 2.53 bits per heavy atom. The normalized spacial score (nSPS) is 15.8. The molecule has 1 aliphatic rings. The van der Waals surface area contributed by atoms with Crippen LogP contribution in [0.2, 0.25) is 5.02 Å². The molecule has 0 radical (unpaired) electrons. The Balaban J connectivity index is 1.77. The number of rotatable bonds is 6. The summed E-state index contributed by atoms with van der Waals surface area (Å²) in [6, 6.07) is 18.3. The number of nitrogens with two attached hydrogens (primary N) is 1. The van der Waals surface area contributed by atoms with Crippen LogP contribution in [0.3, 0.4) is 0 Å². The van der Waals surface area contributed by atoms with E-state index in [-0.39, 0.29) is 0 Å². The Hall–Kier alpha value is -2.69. The first kappa shape index (κ1) is 20.6. The number of benzene rings is 2. The summed E-state index contributed by atoms with van der Waals surface area (Å²) in [5.74, 6) is 1.94. The molecule has 0 bridgehead atoms. The van der Waals surface area contributed by atoms with Crippen molar-refractivity contribution in [1.82, 2.24) is 9.97 Å². The van der Waals surface area contributed by atoms with Crippen molar-refractivity contribution < 1.29 is 0 Å². The smallest absolute Gasteiger partial charge is 0.163 e. The third kappa shape index (κ3) is 4.11. The predicted molar refractivity (Wildman–Crippen MR) is 126 cm³/mol. The topological polar surface area (TPSA) is 63.8 Å². The van der Waals surface area contributed by atoms with Crippen LogP contribution < -0.4 is 11.1 Å². The number of hydrogen-bond donors (Lipinski definition) is 2. The molecular weight excluding hydrogens is 392 g/mol. The maximum atomic E-state index is 6.42. The van der Waals surface area contributed by atoms with Gasteiger partial charge in [-0.05, 0) is 55.5 Å². The van der Waals surface area contributed by atoms with Gasteiger partial charge >= 0.3 is 0 Å². The largest absolute Gasteiger partial charge is 0.340 e. The van der Waals surface area contributed by atoms with Crippen LogP contribution in [-0.2, 0) is 6.42 Å². The fourth-order valence-corrected chi connectivity index (χ4v) is 4.38. The molecule has 0 spiro atoms. The molecule has 4 nitrogen and oxygen atoms in total. The number of halogens is 1. The summed E-state index contributed by atoms with van der Waals surface area (Å²) < 4.78 is 0. The zero-order valence-corrected chi connectivity index (χ0v) is 18.2. The summed E-state index contributed by atoms with van der Waals surface area (Å²) in [7, 11) is 0. The van der Waals surface area contributed by atoms with E-state index in [1.165, 1.54) is 16.7 Å². The van der Waals surface area contributed by atoms with E-state index < -0.39 is 0 Å². The quantitative estimate of drug-likeness (QED) is 0.512. The number of aromatic nitrogens is 2. The first-order valence-corrected chi connectivity index (χ1v) is 10.9. The predicted octanol–water partition coefficient (Wildman–Crippen LogP) is 6.04. The Morgan fingerprint density at radius 2 is 1.80 bits per heavy atom. The van der Waals surface area contributed by atoms with Crippen LogP contribution in [0.5, 0.6) is 0 Å². The molecule has 0 saturated heterocycles. The van der Waals surface area contributed by atoms with Crippen molar-refractivity contribution in [3.05, 3.63) is 82.0 Å². The van der Waals surface area contributed by atoms with Gasteiger partial charge in [-0.2, -0.15) is 0 Å². The third-order valence-corrected chi connectivity index (χ3v) is 6.02. The second kappa shape index (κ2) is 8.99. The summed E-state index contributed by atoms with van der Waals surface area (Å²) in [5, 5.41) is 4.24. The SMILES string of the molecule is CCC1CC(C)=C(Nc2cc(CCN)nc(-c3ccccc3Cl)n2)c2ccccc21. The van der Waals surface area contributed by atoms with Gasteiger partial charge in [0.25, 0.3) is 0 Å². The Morgan fingerprint density at radius 1 is 1.07 bits per heavy atom. The molecule has 30 heavy (non-hydrogen) atoms. The molecule has 4 rings (SSSR count). The van der Waals surface area contributed by atoms with Crippen molar-refractivity contribution >= 4 is 23.1 Å². The lowest BCUT2D eigenvalue weighted by Gasteiger charge is -2.28. The number of fused-ring (bicyclic) bond motifs is 1. The standard InChI is InChI=1S/C25H27ClN4/c1-3-17-14-16(2)24(20-9-5-4-8-19(17)20)29-23-15-18(12-13-27)28-25(30-23)21-10-6-7-11-22(21)26/h4-11,15,17H,3,12-14,27H2,1-2H3,(H,28,29,30). The fourth-order valence-electron chi connectivity index (χ4n) is 4.16. The van der Waals surface area contributed by atoms with Crippen LogP contribution >= 0.6 is 11.6 Å². The van der Waals surface area contributed by atoms with Crippen LogP contribution in [0, 0.1) is 0 Å². The molecule has 3 aromatic rings. The van der Waals surface area contributed by atoms with Crippen LogP contribution in [0.25, 0.3) is 17.1 Å². The molecule has 154 valence electrons. The summed E-state index contributed by atoms with van der Waals surface area (Å²) in [4.78, 5) is 9.51. The van der Waals surface area contributed by atoms with Gasteiger partial charge in [0.1, 0.15) is 5.82 Å². The molecule has 1 aliphatic carbocycles. The molecule has 3 N–H and O–H groups in total. The highest BCUT2D eigenvalue weighted by atomic mass is 35.5. The summed E-state index contributed by atoms with van der Waals surface area (Å²) in [6.07, 6.45) is 2.86. The maximum Gasteiger partial charge on any atom is 0.163 e. The minimum Gasteiger partial charge on any atom is -0.340 e. The fraction of sp³-hybridized carbons (Fsp3) is 0.280. The Labute approximate surface area is 183 Å². The van der Waals surface area contributed by atoms with Gasteiger partial charge in [0.2, 0.25) is 0 Å². The van der Waals surface area contributed by atoms with Gasteiger partial charge in [-0.25, -0.2) is 9.97 Å². The first-order valence-electron chi connectivity index (χ1n) is 10.5. The van der Waals surface area contributed by atoms with E-state index >= 15 is 0 Å². The first-order chi connectivity index (χ1) is 14.6. The van der Waals surface area contributed by atoms with Crippen molar-refractivity contribution in [2.45, 2.75) is 39.0 Å². The maximum absolute atomic E-state index is 6.42. The van der Waals surface area contributed by atoms with Crippen molar-refractivity contribution in [3.8, 4) is 11.4 Å². The Bertz CT molecular complexity index is 1090. The van der Waals surface area contributed by atoms with Gasteiger partial charge < -0.3 is 11.1 Å². The van der Waals surface area contributed by atoms with E-state index in [2.05, 4.69) is 43.4 Å². The average Bonchev–Trinajstić information content (AvgIpc) is 2.76. The molecular formula is C25H27ClN4. The van der Waals surface area contributed by atoms with E-state index in [9.17, 15) is 0 Å². The molecule has 0 saturated carbocycles. The molecule has 1 aromatic heterocycles. The van der Waals surface area contributed by atoms with Crippen LogP contribution in [0.15, 0.2) is 60.2 Å². The molecule has 5 heteroatoms. The summed E-state index contributed by atoms with van der Waals surface area (Å²) in [5.41, 5.74) is 12.7. The lowest BCUT2D eigenvalue weighted by Crippen LogP contribution is -2.15. The third-order valence-electron chi connectivity index (χ3n) is 5.69. The van der Waals surface area contributed by atoms with E-state index in [1.807, 2.05) is 30.3 Å². The van der Waals surface area contributed by atoms with E-state index in [1.54, 1.807) is 0 Å². The zero-order valence-electron chi connectivity index (χ0n) is 17.5. The highest BCUT2D eigenvalue weighted by Gasteiger charge is 2.24. The number of nitrogens with zero attached hydrogens (tertiary/aromatic N) is 2. The molecule has 2 aromatic carbocycles. The van der Waals surface area contributed by atoms with Crippen molar-refractivity contribution in [2.24, 2.45) is 5.73 Å². The van der Waals surface area contributed by atoms with Gasteiger partial charge in [-0.3, -0.25) is 0 Å². The lowest BCUT2D eigenvalue weighted by atomic mass is 9.80. The van der Waals surface area contributed by atoms with Crippen LogP contribution in [0.1, 0.15) is 49.4 Å². The average molecular weight is 419 g/mol. The van der Waals surface area contributed by atoms with Crippen molar-refractivity contribution in [2.75, 3.05) is 11.9 Å². The highest BCUT2D eigenvalue weighted by Crippen LogP contribution is 2.40. The highest BCUT2D eigenvalue weighted by molar-refractivity contribution is 6.33. The van der Waals surface area contributed by atoms with Crippen molar-refractivity contribution in [1.29, 1.82) is 0 Å². The van der Waals surface area contributed by atoms with Gasteiger partial charge in [-0.15, -0.1) is 0 Å². The summed E-state index contributed by atoms with van der Waals surface area (Å²) in [6.45, 7) is 4.99. The van der Waals surface area contributed by atoms with Gasteiger partial charge in [0, 0.05) is 35.0 Å². The molecule has 0 amide bonds. The zero-order chi connectivity index (χ0) is 21.1. The molecule has 1 unspecified atom stereocenters. The number of nitrogens with one attached hydrogen (secondary N) is 1. The molecule has 0 aliphatic heterocycles. The molecule has 0 fully saturated rings. The minimum atomic E-state index is 0.529. The lowest BCUT2D eigenvalue weighted by molar-refractivity contribution is 0.646. The van der Waals surface area contributed by atoms with E-state index in [0.29, 0.717) is 29.7 Å². The number of hydrogen-bond acceptors (Lipinski definition) is 4. The molecule has 1 heterocycles. The number of anilines is 1.